The van der Waals surface area contributed by atoms with Crippen molar-refractivity contribution in [3.63, 3.8) is 0 Å². The van der Waals surface area contributed by atoms with Gasteiger partial charge in [-0.2, -0.15) is 5.26 Å². The van der Waals surface area contributed by atoms with Crippen LogP contribution in [0, 0.1) is 21.4 Å². The van der Waals surface area contributed by atoms with Gasteiger partial charge in [-0.25, -0.2) is 0 Å². The lowest BCUT2D eigenvalue weighted by Gasteiger charge is -2.09. The number of benzene rings is 1. The minimum absolute atomic E-state index is 0.0463. The predicted octanol–water partition coefficient (Wildman–Crippen LogP) is 1.58. The number of carbonyl (C=O) groups excluding carboxylic acids is 1. The first-order chi connectivity index (χ1) is 9.04. The van der Waals surface area contributed by atoms with E-state index in [2.05, 4.69) is 0 Å². The summed E-state index contributed by atoms with van der Waals surface area (Å²) in [7, 11) is 1.33. The summed E-state index contributed by atoms with van der Waals surface area (Å²) >= 11 is 0. The zero-order chi connectivity index (χ0) is 14.4. The molecule has 7 heteroatoms. The summed E-state index contributed by atoms with van der Waals surface area (Å²) in [5.74, 6) is -0.433. The van der Waals surface area contributed by atoms with Crippen molar-refractivity contribution >= 4 is 11.7 Å². The normalized spacial score (nSPS) is 9.53. The molecule has 1 rings (SSSR count). The van der Waals surface area contributed by atoms with Gasteiger partial charge in [-0.3, -0.25) is 14.9 Å². The van der Waals surface area contributed by atoms with E-state index in [-0.39, 0.29) is 29.9 Å². The van der Waals surface area contributed by atoms with E-state index in [0.717, 1.165) is 0 Å². The minimum Gasteiger partial charge on any atom is -0.496 e. The molecule has 0 saturated heterocycles. The highest BCUT2D eigenvalue weighted by Gasteiger charge is 2.26. The maximum absolute atomic E-state index is 11.5. The van der Waals surface area contributed by atoms with Crippen molar-refractivity contribution in [2.45, 2.75) is 13.3 Å². The molecule has 0 aliphatic heterocycles. The Balaban J connectivity index is 3.35. The summed E-state index contributed by atoms with van der Waals surface area (Å²) in [6.07, 6.45) is -0.317. The standard InChI is InChI=1S/C12H12N2O5/c1-3-19-11(15)6-9-10(18-2)5-4-8(7-13)12(9)14(16)17/h4-5H,3,6H2,1-2H3. The third-order valence-corrected chi connectivity index (χ3v) is 2.39. The molecule has 19 heavy (non-hydrogen) atoms. The van der Waals surface area contributed by atoms with Crippen molar-refractivity contribution in [1.82, 2.24) is 0 Å². The molecule has 0 spiro atoms. The molecule has 7 nitrogen and oxygen atoms in total. The first-order valence-corrected chi connectivity index (χ1v) is 5.45. The number of nitriles is 1. The van der Waals surface area contributed by atoms with E-state index < -0.39 is 16.6 Å². The van der Waals surface area contributed by atoms with Crippen LogP contribution in [0.1, 0.15) is 18.1 Å². The average Bonchev–Trinajstić information content (AvgIpc) is 2.37. The molecule has 1 aromatic rings. The van der Waals surface area contributed by atoms with Gasteiger partial charge in [0.05, 0.1) is 30.6 Å². The highest BCUT2D eigenvalue weighted by molar-refractivity contribution is 5.77. The summed E-state index contributed by atoms with van der Waals surface area (Å²) in [5.41, 5.74) is -0.495. The molecule has 0 aliphatic carbocycles. The van der Waals surface area contributed by atoms with E-state index in [1.807, 2.05) is 0 Å². The Labute approximate surface area is 109 Å². The number of rotatable bonds is 5. The Bertz CT molecular complexity index is 548. The minimum atomic E-state index is -0.699. The fourth-order valence-electron chi connectivity index (χ4n) is 1.63. The summed E-state index contributed by atoms with van der Waals surface area (Å²) in [4.78, 5) is 21.8. The van der Waals surface area contributed by atoms with Crippen molar-refractivity contribution < 1.29 is 19.2 Å². The van der Waals surface area contributed by atoms with Gasteiger partial charge in [-0.15, -0.1) is 0 Å². The number of nitro benzene ring substituents is 1. The molecule has 0 aliphatic rings. The summed E-state index contributed by atoms with van der Waals surface area (Å²) in [6, 6.07) is 4.42. The first kappa shape index (κ1) is 14.4. The third kappa shape index (κ3) is 3.19. The number of nitro groups is 1. The van der Waals surface area contributed by atoms with Crippen LogP contribution in [0.3, 0.4) is 0 Å². The van der Waals surface area contributed by atoms with E-state index in [9.17, 15) is 14.9 Å². The van der Waals surface area contributed by atoms with Crippen LogP contribution in [0.15, 0.2) is 12.1 Å². The molecule has 0 radical (unpaired) electrons. The van der Waals surface area contributed by atoms with Crippen LogP contribution >= 0.6 is 0 Å². The topological polar surface area (TPSA) is 102 Å². The number of ether oxygens (including phenoxy) is 2. The molecule has 0 saturated carbocycles. The molecule has 0 N–H and O–H groups in total. The van der Waals surface area contributed by atoms with Gasteiger partial charge in [0, 0.05) is 0 Å². The summed E-state index contributed by atoms with van der Waals surface area (Å²) < 4.78 is 9.75. The van der Waals surface area contributed by atoms with Gasteiger partial charge in [0.15, 0.2) is 0 Å². The van der Waals surface area contributed by atoms with E-state index in [1.165, 1.54) is 19.2 Å². The maximum Gasteiger partial charge on any atom is 0.310 e. The highest BCUT2D eigenvalue weighted by atomic mass is 16.6. The van der Waals surface area contributed by atoms with Gasteiger partial charge < -0.3 is 9.47 Å². The second kappa shape index (κ2) is 6.35. The molecule has 0 amide bonds. The van der Waals surface area contributed by atoms with Crippen molar-refractivity contribution in [2.24, 2.45) is 0 Å². The first-order valence-electron chi connectivity index (χ1n) is 5.45. The number of nitrogens with zero attached hydrogens (tertiary/aromatic N) is 2. The second-order valence-electron chi connectivity index (χ2n) is 3.49. The highest BCUT2D eigenvalue weighted by Crippen LogP contribution is 2.32. The Kier molecular flexibility index (Phi) is 4.83. The van der Waals surface area contributed by atoms with E-state index in [0.29, 0.717) is 0 Å². The van der Waals surface area contributed by atoms with E-state index in [4.69, 9.17) is 14.7 Å². The molecule has 0 aromatic heterocycles. The molecule has 100 valence electrons. The predicted molar refractivity (Wildman–Crippen MR) is 64.7 cm³/mol. The monoisotopic (exact) mass is 264 g/mol. The molecule has 0 heterocycles. The smallest absolute Gasteiger partial charge is 0.310 e. The lowest BCUT2D eigenvalue weighted by molar-refractivity contribution is -0.385. The van der Waals surface area contributed by atoms with Gasteiger partial charge >= 0.3 is 5.97 Å². The largest absolute Gasteiger partial charge is 0.496 e. The van der Waals surface area contributed by atoms with Crippen LogP contribution in [-0.4, -0.2) is 24.6 Å². The molecule has 0 atom stereocenters. The van der Waals surface area contributed by atoms with E-state index in [1.54, 1.807) is 13.0 Å². The summed E-state index contributed by atoms with van der Waals surface area (Å²) in [6.45, 7) is 1.81. The summed E-state index contributed by atoms with van der Waals surface area (Å²) in [5, 5.41) is 19.9. The number of hydrogen-bond acceptors (Lipinski definition) is 6. The Morgan fingerprint density at radius 1 is 1.53 bits per heavy atom. The zero-order valence-corrected chi connectivity index (χ0v) is 10.5. The van der Waals surface area contributed by atoms with Gasteiger partial charge in [-0.1, -0.05) is 0 Å². The number of methoxy groups -OCH3 is 1. The van der Waals surface area contributed by atoms with Crippen LogP contribution in [-0.2, 0) is 16.0 Å². The third-order valence-electron chi connectivity index (χ3n) is 2.39. The lowest BCUT2D eigenvalue weighted by atomic mass is 10.0. The van der Waals surface area contributed by atoms with Crippen molar-refractivity contribution in [1.29, 1.82) is 5.26 Å². The lowest BCUT2D eigenvalue weighted by Crippen LogP contribution is -2.11. The van der Waals surface area contributed by atoms with Crippen LogP contribution < -0.4 is 4.74 Å². The SMILES string of the molecule is CCOC(=O)Cc1c(OC)ccc(C#N)c1[N+](=O)[O-]. The van der Waals surface area contributed by atoms with Crippen LogP contribution in [0.5, 0.6) is 5.75 Å². The second-order valence-corrected chi connectivity index (χ2v) is 3.49. The molecule has 0 fully saturated rings. The van der Waals surface area contributed by atoms with Gasteiger partial charge in [0.25, 0.3) is 5.69 Å². The molecular formula is C12H12N2O5. The average molecular weight is 264 g/mol. The van der Waals surface area contributed by atoms with Gasteiger partial charge in [0.2, 0.25) is 0 Å². The molecule has 0 unspecified atom stereocenters. The van der Waals surface area contributed by atoms with E-state index >= 15 is 0 Å². The number of esters is 1. The van der Waals surface area contributed by atoms with Crippen molar-refractivity contribution in [2.75, 3.05) is 13.7 Å². The Hall–Kier alpha value is -2.62. The van der Waals surface area contributed by atoms with Gasteiger partial charge in [-0.05, 0) is 19.1 Å². The van der Waals surface area contributed by atoms with Crippen LogP contribution in [0.25, 0.3) is 0 Å². The van der Waals surface area contributed by atoms with Crippen LogP contribution in [0.4, 0.5) is 5.69 Å². The zero-order valence-electron chi connectivity index (χ0n) is 10.5. The molecular weight excluding hydrogens is 252 g/mol. The quantitative estimate of drug-likeness (QED) is 0.454. The fourth-order valence-corrected chi connectivity index (χ4v) is 1.63. The van der Waals surface area contributed by atoms with Crippen molar-refractivity contribution in [3.05, 3.63) is 33.4 Å². The maximum atomic E-state index is 11.5. The fraction of sp³-hybridized carbons (Fsp3) is 0.333. The molecule has 0 bridgehead atoms. The molecule has 1 aromatic carbocycles. The number of hydrogen-bond donors (Lipinski definition) is 0. The number of carbonyl (C=O) groups is 1. The van der Waals surface area contributed by atoms with Crippen molar-refractivity contribution in [3.8, 4) is 11.8 Å². The van der Waals surface area contributed by atoms with Gasteiger partial charge in [0.1, 0.15) is 17.4 Å². The van der Waals surface area contributed by atoms with Crippen LogP contribution in [0.2, 0.25) is 0 Å². The Morgan fingerprint density at radius 3 is 2.68 bits per heavy atom. The Morgan fingerprint density at radius 2 is 2.21 bits per heavy atom.